The maximum atomic E-state index is 4.45. The number of fused-ring (bicyclic) bond motifs is 2. The summed E-state index contributed by atoms with van der Waals surface area (Å²) < 4.78 is 0. The minimum atomic E-state index is 0.400. The number of likely N-dealkylation sites (tertiary alicyclic amines) is 1. The molecule has 3 aromatic heterocycles. The lowest BCUT2D eigenvalue weighted by Gasteiger charge is -2.32. The first-order chi connectivity index (χ1) is 16.6. The van der Waals surface area contributed by atoms with E-state index in [2.05, 4.69) is 74.9 Å². The zero-order valence-corrected chi connectivity index (χ0v) is 20.2. The predicted molar refractivity (Wildman–Crippen MR) is 139 cm³/mol. The lowest BCUT2D eigenvalue weighted by atomic mass is 9.87. The third kappa shape index (κ3) is 3.66. The summed E-state index contributed by atoms with van der Waals surface area (Å²) >= 11 is 0. The Labute approximate surface area is 200 Å². The Bertz CT molecular complexity index is 1410. The SMILES string of the molecule is CC1=C(CN2CCC(c3ccc4[nH]c(-c5ccnc6nc[nH]c56)c(C(C)C)c4c3)CC2)CC=N1. The van der Waals surface area contributed by atoms with Crippen LogP contribution >= 0.6 is 0 Å². The van der Waals surface area contributed by atoms with Gasteiger partial charge in [-0.05, 0) is 79.6 Å². The monoisotopic (exact) mass is 452 g/mol. The summed E-state index contributed by atoms with van der Waals surface area (Å²) in [7, 11) is 0. The molecule has 1 saturated heterocycles. The molecule has 0 saturated carbocycles. The molecule has 6 heteroatoms. The molecule has 2 aliphatic rings. The lowest BCUT2D eigenvalue weighted by Crippen LogP contribution is -2.34. The first-order valence-corrected chi connectivity index (χ1v) is 12.5. The summed E-state index contributed by atoms with van der Waals surface area (Å²) in [5.74, 6) is 1.02. The van der Waals surface area contributed by atoms with Gasteiger partial charge in [-0.2, -0.15) is 0 Å². The minimum absolute atomic E-state index is 0.400. The fraction of sp³-hybridized carbons (Fsp3) is 0.393. The van der Waals surface area contributed by atoms with Crippen molar-refractivity contribution in [1.82, 2.24) is 24.8 Å². The number of imidazole rings is 1. The number of piperidine rings is 1. The van der Waals surface area contributed by atoms with E-state index in [1.165, 1.54) is 51.8 Å². The molecule has 4 aromatic rings. The molecule has 2 aliphatic heterocycles. The van der Waals surface area contributed by atoms with Crippen molar-refractivity contribution in [3.05, 3.63) is 59.2 Å². The van der Waals surface area contributed by atoms with Crippen molar-refractivity contribution in [1.29, 1.82) is 0 Å². The Morgan fingerprint density at radius 1 is 1.12 bits per heavy atom. The number of nitrogens with one attached hydrogen (secondary N) is 2. The van der Waals surface area contributed by atoms with Crippen LogP contribution in [0, 0.1) is 0 Å². The van der Waals surface area contributed by atoms with E-state index in [0.29, 0.717) is 11.8 Å². The van der Waals surface area contributed by atoms with Crippen LogP contribution in [0.5, 0.6) is 0 Å². The lowest BCUT2D eigenvalue weighted by molar-refractivity contribution is 0.227. The van der Waals surface area contributed by atoms with Crippen LogP contribution in [-0.2, 0) is 0 Å². The van der Waals surface area contributed by atoms with Crippen LogP contribution in [-0.4, -0.2) is 50.7 Å². The minimum Gasteiger partial charge on any atom is -0.354 e. The summed E-state index contributed by atoms with van der Waals surface area (Å²) in [6.45, 7) is 10.1. The Kier molecular flexibility index (Phi) is 5.33. The molecule has 1 fully saturated rings. The molecule has 0 bridgehead atoms. The maximum Gasteiger partial charge on any atom is 0.178 e. The van der Waals surface area contributed by atoms with E-state index in [-0.39, 0.29) is 0 Å². The van der Waals surface area contributed by atoms with Gasteiger partial charge in [-0.3, -0.25) is 9.89 Å². The van der Waals surface area contributed by atoms with E-state index in [1.807, 2.05) is 12.4 Å². The first kappa shape index (κ1) is 21.3. The second kappa shape index (κ2) is 8.51. The zero-order valence-electron chi connectivity index (χ0n) is 20.2. The van der Waals surface area contributed by atoms with Crippen LogP contribution in [0.15, 0.2) is 53.1 Å². The number of nitrogens with zero attached hydrogens (tertiary/aromatic N) is 4. The van der Waals surface area contributed by atoms with Gasteiger partial charge in [-0.1, -0.05) is 19.9 Å². The molecule has 0 unspecified atom stereocenters. The van der Waals surface area contributed by atoms with Crippen molar-refractivity contribution < 1.29 is 0 Å². The zero-order chi connectivity index (χ0) is 23.2. The Morgan fingerprint density at radius 2 is 1.97 bits per heavy atom. The van der Waals surface area contributed by atoms with Crippen LogP contribution in [0.1, 0.15) is 63.0 Å². The van der Waals surface area contributed by atoms with Gasteiger partial charge in [-0.25, -0.2) is 9.97 Å². The predicted octanol–water partition coefficient (Wildman–Crippen LogP) is 6.16. The molecule has 0 spiro atoms. The van der Waals surface area contributed by atoms with E-state index in [1.54, 1.807) is 6.33 Å². The number of aromatic nitrogens is 4. The number of aliphatic imine (C=N–C) groups is 1. The van der Waals surface area contributed by atoms with Gasteiger partial charge >= 0.3 is 0 Å². The second-order valence-corrected chi connectivity index (χ2v) is 10.1. The van der Waals surface area contributed by atoms with Gasteiger partial charge in [0.1, 0.15) is 0 Å². The average Bonchev–Trinajstić information content (AvgIpc) is 3.57. The molecule has 2 N–H and O–H groups in total. The number of allylic oxidation sites excluding steroid dienone is 1. The van der Waals surface area contributed by atoms with Crippen LogP contribution in [0.4, 0.5) is 0 Å². The highest BCUT2D eigenvalue weighted by atomic mass is 15.1. The largest absolute Gasteiger partial charge is 0.354 e. The van der Waals surface area contributed by atoms with Gasteiger partial charge in [0, 0.05) is 47.5 Å². The van der Waals surface area contributed by atoms with Crippen molar-refractivity contribution in [2.75, 3.05) is 19.6 Å². The van der Waals surface area contributed by atoms with Crippen molar-refractivity contribution in [2.24, 2.45) is 4.99 Å². The molecule has 6 rings (SSSR count). The number of H-pyrrole nitrogens is 2. The number of rotatable bonds is 5. The average molecular weight is 453 g/mol. The highest BCUT2D eigenvalue weighted by Crippen LogP contribution is 2.39. The molecule has 5 heterocycles. The Morgan fingerprint density at radius 3 is 2.74 bits per heavy atom. The molecule has 0 atom stereocenters. The number of hydrogen-bond acceptors (Lipinski definition) is 4. The van der Waals surface area contributed by atoms with Crippen molar-refractivity contribution >= 4 is 28.3 Å². The van der Waals surface area contributed by atoms with Crippen LogP contribution in [0.25, 0.3) is 33.3 Å². The van der Waals surface area contributed by atoms with Crippen molar-refractivity contribution in [3.8, 4) is 11.3 Å². The van der Waals surface area contributed by atoms with Gasteiger partial charge in [-0.15, -0.1) is 0 Å². The van der Waals surface area contributed by atoms with Crippen LogP contribution in [0.2, 0.25) is 0 Å². The molecular formula is C28H32N6. The third-order valence-electron chi connectivity index (χ3n) is 7.64. The number of pyridine rings is 1. The van der Waals surface area contributed by atoms with Gasteiger partial charge in [0.05, 0.1) is 17.5 Å². The molecule has 0 aliphatic carbocycles. The molecule has 34 heavy (non-hydrogen) atoms. The summed E-state index contributed by atoms with van der Waals surface area (Å²) in [4.78, 5) is 22.8. The molecule has 6 nitrogen and oxygen atoms in total. The fourth-order valence-electron chi connectivity index (χ4n) is 5.76. The standard InChI is InChI=1S/C28H32N6/c1-17(2)25-23-14-20(19-8-12-34(13-9-19)15-21-6-10-29-18(21)3)4-5-24(23)33-26(25)22-7-11-30-28-27(22)31-16-32-28/h4-5,7,10-11,14,16-17,19,33H,6,8-9,12-13,15H2,1-3H3,(H,30,31,32). The third-order valence-corrected chi connectivity index (χ3v) is 7.64. The quantitative estimate of drug-likeness (QED) is 0.381. The first-order valence-electron chi connectivity index (χ1n) is 12.5. The summed E-state index contributed by atoms with van der Waals surface area (Å²) in [6.07, 6.45) is 9.08. The molecular weight excluding hydrogens is 420 g/mol. The molecule has 174 valence electrons. The summed E-state index contributed by atoms with van der Waals surface area (Å²) in [5, 5.41) is 1.35. The normalized spacial score (nSPS) is 17.8. The van der Waals surface area contributed by atoms with E-state index in [4.69, 9.17) is 0 Å². The smallest absolute Gasteiger partial charge is 0.178 e. The number of benzene rings is 1. The van der Waals surface area contributed by atoms with E-state index >= 15 is 0 Å². The van der Waals surface area contributed by atoms with Gasteiger partial charge in [0.25, 0.3) is 0 Å². The molecule has 0 amide bonds. The second-order valence-electron chi connectivity index (χ2n) is 10.1. The highest BCUT2D eigenvalue weighted by molar-refractivity contribution is 5.97. The van der Waals surface area contributed by atoms with Crippen molar-refractivity contribution in [2.45, 2.75) is 51.9 Å². The van der Waals surface area contributed by atoms with Gasteiger partial charge in [0.2, 0.25) is 0 Å². The number of aromatic amines is 2. The van der Waals surface area contributed by atoms with E-state index in [9.17, 15) is 0 Å². The van der Waals surface area contributed by atoms with E-state index in [0.717, 1.165) is 42.8 Å². The van der Waals surface area contributed by atoms with Gasteiger partial charge in [0.15, 0.2) is 5.65 Å². The van der Waals surface area contributed by atoms with Gasteiger partial charge < -0.3 is 9.97 Å². The summed E-state index contributed by atoms with van der Waals surface area (Å²) in [6, 6.07) is 9.15. The molecule has 1 aromatic carbocycles. The maximum absolute atomic E-state index is 4.45. The van der Waals surface area contributed by atoms with Crippen LogP contribution in [0.3, 0.4) is 0 Å². The Balaban J connectivity index is 1.29. The Hall–Kier alpha value is -3.25. The fourth-order valence-corrected chi connectivity index (χ4v) is 5.76. The topological polar surface area (TPSA) is 73.0 Å². The number of hydrogen-bond donors (Lipinski definition) is 2. The van der Waals surface area contributed by atoms with E-state index < -0.39 is 0 Å². The highest BCUT2D eigenvalue weighted by Gasteiger charge is 2.24. The van der Waals surface area contributed by atoms with Crippen molar-refractivity contribution in [3.63, 3.8) is 0 Å². The molecule has 0 radical (unpaired) electrons. The van der Waals surface area contributed by atoms with Crippen LogP contribution < -0.4 is 0 Å². The summed E-state index contributed by atoms with van der Waals surface area (Å²) in [5.41, 5.74) is 10.8.